The lowest BCUT2D eigenvalue weighted by Crippen LogP contribution is -2.47. The second kappa shape index (κ2) is 10.4. The third-order valence-corrected chi connectivity index (χ3v) is 6.93. The molecule has 2 aliphatic heterocycles. The van der Waals surface area contributed by atoms with Crippen LogP contribution < -0.4 is 5.32 Å². The molecule has 172 valence electrons. The predicted molar refractivity (Wildman–Crippen MR) is 117 cm³/mol. The zero-order chi connectivity index (χ0) is 21.6. The highest BCUT2D eigenvalue weighted by atomic mass is 16.7. The number of hydrogen-bond acceptors (Lipinski definition) is 4. The molecule has 0 bridgehead atoms. The quantitative estimate of drug-likeness (QED) is 0.497. The minimum atomic E-state index is -0.298. The van der Waals surface area contributed by atoms with Crippen LogP contribution in [-0.4, -0.2) is 55.3 Å². The van der Waals surface area contributed by atoms with E-state index >= 15 is 0 Å². The smallest absolute Gasteiger partial charge is 0.242 e. The molecule has 0 radical (unpaired) electrons. The van der Waals surface area contributed by atoms with Crippen molar-refractivity contribution in [2.75, 3.05) is 26.3 Å². The van der Waals surface area contributed by atoms with Gasteiger partial charge in [-0.3, -0.25) is 9.59 Å². The van der Waals surface area contributed by atoms with Gasteiger partial charge in [0.2, 0.25) is 11.8 Å². The number of likely N-dealkylation sites (tertiary alicyclic amines) is 1. The second-order valence-corrected chi connectivity index (χ2v) is 10.7. The Labute approximate surface area is 182 Å². The first-order valence-electron chi connectivity index (χ1n) is 12.1. The summed E-state index contributed by atoms with van der Waals surface area (Å²) in [4.78, 5) is 27.3. The van der Waals surface area contributed by atoms with Crippen molar-refractivity contribution in [3.8, 4) is 0 Å². The maximum atomic E-state index is 12.8. The van der Waals surface area contributed by atoms with E-state index in [1.165, 1.54) is 25.7 Å². The van der Waals surface area contributed by atoms with Crippen LogP contribution in [0.1, 0.15) is 91.4 Å². The van der Waals surface area contributed by atoms with Gasteiger partial charge in [0.15, 0.2) is 6.29 Å². The average Bonchev–Trinajstić information content (AvgIpc) is 3.33. The van der Waals surface area contributed by atoms with Crippen LogP contribution in [-0.2, 0) is 19.1 Å². The molecular weight excluding hydrogens is 380 g/mol. The van der Waals surface area contributed by atoms with E-state index in [9.17, 15) is 9.59 Å². The number of nitrogens with one attached hydrogen (secondary N) is 1. The molecule has 0 unspecified atom stereocenters. The maximum Gasteiger partial charge on any atom is 0.242 e. The van der Waals surface area contributed by atoms with Crippen LogP contribution in [0.5, 0.6) is 0 Å². The fourth-order valence-electron chi connectivity index (χ4n) is 5.41. The van der Waals surface area contributed by atoms with Crippen molar-refractivity contribution < 1.29 is 19.1 Å². The van der Waals surface area contributed by atoms with Crippen LogP contribution in [0.25, 0.3) is 0 Å². The Balaban J connectivity index is 1.48. The van der Waals surface area contributed by atoms with Gasteiger partial charge in [-0.1, -0.05) is 46.5 Å². The number of rotatable bonds is 7. The number of nitrogens with zero attached hydrogens (tertiary/aromatic N) is 1. The molecule has 0 spiro atoms. The molecule has 0 aromatic carbocycles. The van der Waals surface area contributed by atoms with E-state index < -0.39 is 0 Å². The Bertz CT molecular complexity index is 572. The third-order valence-electron chi connectivity index (χ3n) is 6.93. The van der Waals surface area contributed by atoms with Crippen molar-refractivity contribution in [2.24, 2.45) is 10.8 Å². The summed E-state index contributed by atoms with van der Waals surface area (Å²) in [6, 6.07) is -0.298. The van der Waals surface area contributed by atoms with E-state index in [-0.39, 0.29) is 35.0 Å². The normalized spacial score (nSPS) is 25.3. The fourth-order valence-corrected chi connectivity index (χ4v) is 5.41. The van der Waals surface area contributed by atoms with E-state index in [1.54, 1.807) is 4.90 Å². The topological polar surface area (TPSA) is 67.9 Å². The third kappa shape index (κ3) is 6.19. The van der Waals surface area contributed by atoms with Gasteiger partial charge in [0.05, 0.1) is 13.2 Å². The lowest BCUT2D eigenvalue weighted by Gasteiger charge is -2.37. The zero-order valence-corrected chi connectivity index (χ0v) is 19.3. The average molecular weight is 423 g/mol. The van der Waals surface area contributed by atoms with E-state index in [4.69, 9.17) is 9.47 Å². The summed E-state index contributed by atoms with van der Waals surface area (Å²) in [5.74, 6) is 0.117. The molecule has 3 rings (SSSR count). The molecule has 1 saturated carbocycles. The first kappa shape index (κ1) is 23.5. The standard InChI is InChI=1S/C24H42N2O4/c1-23(2,3)18-20(27)26-15-8-10-19(26)21(28)25-14-9-13-24(22-29-16-17-30-22)11-6-4-5-7-12-24/h19,22H,4-18H2,1-3H3,(H,25,28)/t19-/m1/s1. The largest absolute Gasteiger partial charge is 0.354 e. The van der Waals surface area contributed by atoms with Gasteiger partial charge < -0.3 is 19.7 Å². The van der Waals surface area contributed by atoms with Gasteiger partial charge in [0.1, 0.15) is 6.04 Å². The summed E-state index contributed by atoms with van der Waals surface area (Å²) in [6.07, 6.45) is 11.4. The van der Waals surface area contributed by atoms with Gasteiger partial charge in [0, 0.05) is 24.9 Å². The van der Waals surface area contributed by atoms with E-state index in [2.05, 4.69) is 26.1 Å². The van der Waals surface area contributed by atoms with Crippen molar-refractivity contribution >= 4 is 11.8 Å². The Morgan fingerprint density at radius 3 is 2.33 bits per heavy atom. The van der Waals surface area contributed by atoms with Crippen LogP contribution in [0, 0.1) is 10.8 Å². The Kier molecular flexibility index (Phi) is 8.19. The molecule has 1 N–H and O–H groups in total. The SMILES string of the molecule is CC(C)(C)CC(=O)N1CCC[C@@H]1C(=O)NCCCC1(C2OCCO2)CCCCCC1. The van der Waals surface area contributed by atoms with Crippen LogP contribution in [0.4, 0.5) is 0 Å². The maximum absolute atomic E-state index is 12.8. The van der Waals surface area contributed by atoms with Crippen LogP contribution in [0.2, 0.25) is 0 Å². The van der Waals surface area contributed by atoms with Gasteiger partial charge in [-0.05, 0) is 43.9 Å². The lowest BCUT2D eigenvalue weighted by atomic mass is 9.75. The molecule has 6 nitrogen and oxygen atoms in total. The molecule has 6 heteroatoms. The molecule has 0 aromatic heterocycles. The Morgan fingerprint density at radius 2 is 1.70 bits per heavy atom. The van der Waals surface area contributed by atoms with Crippen molar-refractivity contribution in [3.63, 3.8) is 0 Å². The summed E-state index contributed by atoms with van der Waals surface area (Å²) in [7, 11) is 0. The molecule has 1 atom stereocenters. The predicted octanol–water partition coefficient (Wildman–Crippen LogP) is 4.02. The van der Waals surface area contributed by atoms with Crippen LogP contribution in [0.15, 0.2) is 0 Å². The number of carbonyl (C=O) groups is 2. The van der Waals surface area contributed by atoms with Gasteiger partial charge in [-0.25, -0.2) is 0 Å². The van der Waals surface area contributed by atoms with Crippen molar-refractivity contribution in [2.45, 2.75) is 104 Å². The molecule has 2 amide bonds. The lowest BCUT2D eigenvalue weighted by molar-refractivity contribution is -0.143. The van der Waals surface area contributed by atoms with Crippen molar-refractivity contribution in [1.82, 2.24) is 10.2 Å². The number of hydrogen-bond donors (Lipinski definition) is 1. The molecule has 3 fully saturated rings. The van der Waals surface area contributed by atoms with Crippen LogP contribution in [0.3, 0.4) is 0 Å². The highest BCUT2D eigenvalue weighted by molar-refractivity contribution is 5.88. The Hall–Kier alpha value is -1.14. The van der Waals surface area contributed by atoms with Gasteiger partial charge in [0.25, 0.3) is 0 Å². The molecule has 2 saturated heterocycles. The number of carbonyl (C=O) groups excluding carboxylic acids is 2. The number of amides is 2. The summed E-state index contributed by atoms with van der Waals surface area (Å²) in [5.41, 5.74) is 0.0396. The second-order valence-electron chi connectivity index (χ2n) is 10.7. The summed E-state index contributed by atoms with van der Waals surface area (Å²) < 4.78 is 11.9. The van der Waals surface area contributed by atoms with Gasteiger partial charge in [-0.2, -0.15) is 0 Å². The molecule has 1 aliphatic carbocycles. The summed E-state index contributed by atoms with van der Waals surface area (Å²) in [5, 5.41) is 3.12. The fraction of sp³-hybridized carbons (Fsp3) is 0.917. The van der Waals surface area contributed by atoms with Gasteiger partial charge >= 0.3 is 0 Å². The van der Waals surface area contributed by atoms with Gasteiger partial charge in [-0.15, -0.1) is 0 Å². The minimum Gasteiger partial charge on any atom is -0.354 e. The van der Waals surface area contributed by atoms with Crippen molar-refractivity contribution in [3.05, 3.63) is 0 Å². The summed E-state index contributed by atoms with van der Waals surface area (Å²) >= 11 is 0. The number of ether oxygens (including phenoxy) is 2. The summed E-state index contributed by atoms with van der Waals surface area (Å²) in [6.45, 7) is 8.95. The van der Waals surface area contributed by atoms with E-state index in [0.29, 0.717) is 32.7 Å². The van der Waals surface area contributed by atoms with E-state index in [1.807, 2.05) is 0 Å². The zero-order valence-electron chi connectivity index (χ0n) is 19.3. The molecule has 30 heavy (non-hydrogen) atoms. The molecule has 2 heterocycles. The Morgan fingerprint density at radius 1 is 1.03 bits per heavy atom. The molecular formula is C24H42N2O4. The van der Waals surface area contributed by atoms with Crippen LogP contribution >= 0.6 is 0 Å². The first-order chi connectivity index (χ1) is 14.3. The molecule has 3 aliphatic rings. The van der Waals surface area contributed by atoms with E-state index in [0.717, 1.165) is 38.5 Å². The minimum absolute atomic E-state index is 0.0121. The first-order valence-corrected chi connectivity index (χ1v) is 12.1. The monoisotopic (exact) mass is 422 g/mol. The molecule has 0 aromatic rings. The highest BCUT2D eigenvalue weighted by Crippen LogP contribution is 2.44. The van der Waals surface area contributed by atoms with Crippen molar-refractivity contribution in [1.29, 1.82) is 0 Å². The highest BCUT2D eigenvalue weighted by Gasteiger charge is 2.42.